The van der Waals surface area contributed by atoms with Crippen LogP contribution in [0.25, 0.3) is 34.7 Å². The second kappa shape index (κ2) is 6.67. The molecule has 4 aromatic rings. The first-order chi connectivity index (χ1) is 13.8. The first-order valence-corrected chi connectivity index (χ1v) is 9.10. The van der Waals surface area contributed by atoms with Crippen LogP contribution in [0, 0.1) is 0 Å². The van der Waals surface area contributed by atoms with Crippen LogP contribution in [0.2, 0.25) is 0 Å². The summed E-state index contributed by atoms with van der Waals surface area (Å²) in [6.07, 6.45) is 11.7. The van der Waals surface area contributed by atoms with Crippen molar-refractivity contribution in [1.82, 2.24) is 9.97 Å². The fraction of sp³-hybridized carbons (Fsp3) is 0. The van der Waals surface area contributed by atoms with E-state index in [1.165, 1.54) is 0 Å². The van der Waals surface area contributed by atoms with Crippen molar-refractivity contribution in [3.05, 3.63) is 95.4 Å². The van der Waals surface area contributed by atoms with E-state index in [1.54, 1.807) is 12.4 Å². The molecule has 0 unspecified atom stereocenters. The van der Waals surface area contributed by atoms with E-state index in [4.69, 9.17) is 0 Å². The lowest BCUT2D eigenvalue weighted by Gasteiger charge is -2.00. The highest BCUT2D eigenvalue weighted by molar-refractivity contribution is 6.34. The summed E-state index contributed by atoms with van der Waals surface area (Å²) in [5.41, 5.74) is 6.76. The fourth-order valence-electron chi connectivity index (χ4n) is 3.50. The van der Waals surface area contributed by atoms with Gasteiger partial charge in [-0.2, -0.15) is 0 Å². The van der Waals surface area contributed by atoms with Gasteiger partial charge in [0.15, 0.2) is 0 Å². The van der Waals surface area contributed by atoms with Gasteiger partial charge in [-0.05, 0) is 47.0 Å². The molecular formula is C24H17N3O. The lowest BCUT2D eigenvalue weighted by molar-refractivity contribution is -0.110. The van der Waals surface area contributed by atoms with E-state index in [0.717, 1.165) is 38.8 Å². The maximum absolute atomic E-state index is 12.3. The van der Waals surface area contributed by atoms with E-state index in [2.05, 4.69) is 39.6 Å². The van der Waals surface area contributed by atoms with E-state index in [9.17, 15) is 4.79 Å². The highest BCUT2D eigenvalue weighted by atomic mass is 16.2. The van der Waals surface area contributed by atoms with Crippen LogP contribution < -0.4 is 5.32 Å². The summed E-state index contributed by atoms with van der Waals surface area (Å²) in [5, 5.41) is 4.06. The number of rotatable bonds is 3. The van der Waals surface area contributed by atoms with E-state index < -0.39 is 0 Å². The lowest BCUT2D eigenvalue weighted by Crippen LogP contribution is -2.03. The third-order valence-electron chi connectivity index (χ3n) is 4.92. The maximum Gasteiger partial charge on any atom is 0.256 e. The number of carbonyl (C=O) groups is 1. The molecule has 1 amide bonds. The number of hydrogen-bond acceptors (Lipinski definition) is 2. The van der Waals surface area contributed by atoms with Gasteiger partial charge >= 0.3 is 0 Å². The van der Waals surface area contributed by atoms with Gasteiger partial charge in [-0.1, -0.05) is 42.5 Å². The van der Waals surface area contributed by atoms with Crippen molar-refractivity contribution in [3.63, 3.8) is 0 Å². The highest BCUT2D eigenvalue weighted by Gasteiger charge is 2.23. The van der Waals surface area contributed by atoms with Crippen LogP contribution >= 0.6 is 0 Å². The van der Waals surface area contributed by atoms with Crippen LogP contribution in [0.5, 0.6) is 0 Å². The number of hydrogen-bond donors (Lipinski definition) is 2. The van der Waals surface area contributed by atoms with Gasteiger partial charge < -0.3 is 10.3 Å². The number of anilines is 1. The lowest BCUT2D eigenvalue weighted by atomic mass is 10.0. The van der Waals surface area contributed by atoms with Crippen molar-refractivity contribution >= 4 is 46.3 Å². The number of H-pyrrole nitrogens is 1. The normalized spacial score (nSPS) is 14.7. The summed E-state index contributed by atoms with van der Waals surface area (Å²) < 4.78 is 0. The molecule has 2 aromatic carbocycles. The number of pyridine rings is 1. The van der Waals surface area contributed by atoms with Crippen molar-refractivity contribution < 1.29 is 4.79 Å². The number of aromatic amines is 1. The standard InChI is InChI=1S/C24H17N3O/c28-24-21(20-3-1-2-4-22(20)27-24)13-17-6-8-19-18(15-26-23(19)14-17)7-5-16-9-11-25-12-10-16/h1-15,26H,(H,27,28)/b7-5?,21-13+. The molecule has 1 aliphatic heterocycles. The molecule has 0 atom stereocenters. The van der Waals surface area contributed by atoms with E-state index >= 15 is 0 Å². The molecule has 0 radical (unpaired) electrons. The number of aromatic nitrogens is 2. The number of nitrogens with zero attached hydrogens (tertiary/aromatic N) is 1. The Morgan fingerprint density at radius 1 is 0.893 bits per heavy atom. The summed E-state index contributed by atoms with van der Waals surface area (Å²) >= 11 is 0. The Balaban J connectivity index is 1.49. The van der Waals surface area contributed by atoms with E-state index in [0.29, 0.717) is 5.57 Å². The van der Waals surface area contributed by atoms with Crippen LogP contribution in [0.4, 0.5) is 5.69 Å². The summed E-state index contributed by atoms with van der Waals surface area (Å²) in [5.74, 6) is -0.0613. The van der Waals surface area contributed by atoms with Gasteiger partial charge in [0.2, 0.25) is 0 Å². The molecule has 0 saturated heterocycles. The monoisotopic (exact) mass is 363 g/mol. The van der Waals surface area contributed by atoms with Crippen LogP contribution in [-0.2, 0) is 4.79 Å². The smallest absolute Gasteiger partial charge is 0.256 e. The van der Waals surface area contributed by atoms with Gasteiger partial charge in [-0.3, -0.25) is 9.78 Å². The van der Waals surface area contributed by atoms with Gasteiger partial charge in [0.05, 0.1) is 0 Å². The summed E-state index contributed by atoms with van der Waals surface area (Å²) in [4.78, 5) is 19.7. The highest BCUT2D eigenvalue weighted by Crippen LogP contribution is 2.33. The number of para-hydroxylation sites is 1. The quantitative estimate of drug-likeness (QED) is 0.490. The molecule has 2 N–H and O–H groups in total. The molecule has 4 nitrogen and oxygen atoms in total. The van der Waals surface area contributed by atoms with Gasteiger partial charge in [0, 0.05) is 46.3 Å². The fourth-order valence-corrected chi connectivity index (χ4v) is 3.50. The summed E-state index contributed by atoms with van der Waals surface area (Å²) in [7, 11) is 0. The third kappa shape index (κ3) is 2.91. The van der Waals surface area contributed by atoms with Crippen molar-refractivity contribution in [2.75, 3.05) is 5.32 Å². The Morgan fingerprint density at radius 3 is 2.64 bits per heavy atom. The van der Waals surface area contributed by atoms with Crippen LogP contribution in [0.1, 0.15) is 22.3 Å². The van der Waals surface area contributed by atoms with Crippen LogP contribution in [0.15, 0.2) is 73.2 Å². The van der Waals surface area contributed by atoms with E-state index in [-0.39, 0.29) is 5.91 Å². The Labute approximate surface area is 162 Å². The zero-order chi connectivity index (χ0) is 18.9. The van der Waals surface area contributed by atoms with Crippen LogP contribution in [-0.4, -0.2) is 15.9 Å². The Hall–Kier alpha value is -3.92. The molecule has 0 saturated carbocycles. The minimum absolute atomic E-state index is 0.0613. The van der Waals surface area contributed by atoms with Crippen molar-refractivity contribution in [1.29, 1.82) is 0 Å². The average Bonchev–Trinajstić information content (AvgIpc) is 3.28. The summed E-state index contributed by atoms with van der Waals surface area (Å²) in [6.45, 7) is 0. The largest absolute Gasteiger partial charge is 0.361 e. The number of nitrogens with one attached hydrogen (secondary N) is 2. The SMILES string of the molecule is O=C1Nc2ccccc2/C1=C\c1ccc2c(C=Cc3ccncc3)c[nH]c2c1. The molecule has 28 heavy (non-hydrogen) atoms. The second-order valence-electron chi connectivity index (χ2n) is 6.72. The number of benzene rings is 2. The molecule has 0 bridgehead atoms. The second-order valence-corrected chi connectivity index (χ2v) is 6.72. The van der Waals surface area contributed by atoms with Gasteiger partial charge in [-0.25, -0.2) is 0 Å². The Kier molecular flexibility index (Phi) is 3.87. The average molecular weight is 363 g/mol. The molecular weight excluding hydrogens is 346 g/mol. The Morgan fingerprint density at radius 2 is 1.75 bits per heavy atom. The van der Waals surface area contributed by atoms with Crippen molar-refractivity contribution in [2.45, 2.75) is 0 Å². The molecule has 0 spiro atoms. The number of amides is 1. The zero-order valence-electron chi connectivity index (χ0n) is 15.0. The zero-order valence-corrected chi connectivity index (χ0v) is 15.0. The number of fused-ring (bicyclic) bond motifs is 2. The topological polar surface area (TPSA) is 57.8 Å². The van der Waals surface area contributed by atoms with Crippen molar-refractivity contribution in [2.24, 2.45) is 0 Å². The van der Waals surface area contributed by atoms with Gasteiger partial charge in [0.25, 0.3) is 5.91 Å². The molecule has 1 aliphatic rings. The van der Waals surface area contributed by atoms with Gasteiger partial charge in [-0.15, -0.1) is 0 Å². The molecule has 4 heteroatoms. The minimum Gasteiger partial charge on any atom is -0.361 e. The minimum atomic E-state index is -0.0613. The first-order valence-electron chi connectivity index (χ1n) is 9.10. The maximum atomic E-state index is 12.3. The predicted molar refractivity (Wildman–Crippen MR) is 114 cm³/mol. The molecule has 0 aliphatic carbocycles. The van der Waals surface area contributed by atoms with E-state index in [1.807, 2.05) is 54.7 Å². The summed E-state index contributed by atoms with van der Waals surface area (Å²) in [6, 6.07) is 17.9. The predicted octanol–water partition coefficient (Wildman–Crippen LogP) is 5.23. The van der Waals surface area contributed by atoms with Gasteiger partial charge in [0.1, 0.15) is 0 Å². The molecule has 3 heterocycles. The first kappa shape index (κ1) is 16.3. The van der Waals surface area contributed by atoms with Crippen molar-refractivity contribution in [3.8, 4) is 0 Å². The number of carbonyl (C=O) groups excluding carboxylic acids is 1. The third-order valence-corrected chi connectivity index (χ3v) is 4.92. The van der Waals surface area contributed by atoms with Crippen LogP contribution in [0.3, 0.4) is 0 Å². The molecule has 2 aromatic heterocycles. The molecule has 134 valence electrons. The Bertz CT molecular complexity index is 1250. The molecule has 5 rings (SSSR count). The molecule has 0 fully saturated rings.